The second-order valence-corrected chi connectivity index (χ2v) is 5.65. The Kier molecular flexibility index (Phi) is 5.80. The van der Waals surface area contributed by atoms with E-state index in [-0.39, 0.29) is 5.91 Å². The fourth-order valence-corrected chi connectivity index (χ4v) is 2.51. The van der Waals surface area contributed by atoms with E-state index in [9.17, 15) is 4.79 Å². The number of nitrogens with one attached hydrogen (secondary N) is 1. The minimum absolute atomic E-state index is 0.0135. The van der Waals surface area contributed by atoms with Crippen LogP contribution in [0, 0.1) is 0 Å². The van der Waals surface area contributed by atoms with Crippen LogP contribution >= 0.6 is 11.8 Å². The standard InChI is InChI=1S/C15H19N3OS/c1-2-3-4-5-12-6-8-13(9-7-12)10-16-18-15-17-14(19)11-20-15/h6-10H,2-5,11H2,1H3,(H,17,18,19). The summed E-state index contributed by atoms with van der Waals surface area (Å²) in [5, 5.41) is 11.2. The van der Waals surface area contributed by atoms with Crippen molar-refractivity contribution in [1.82, 2.24) is 5.32 Å². The fourth-order valence-electron chi connectivity index (χ4n) is 1.88. The molecule has 0 bridgehead atoms. The van der Waals surface area contributed by atoms with Gasteiger partial charge in [0, 0.05) is 0 Å². The summed E-state index contributed by atoms with van der Waals surface area (Å²) in [6.07, 6.45) is 6.61. The van der Waals surface area contributed by atoms with E-state index in [1.54, 1.807) is 6.21 Å². The van der Waals surface area contributed by atoms with E-state index in [4.69, 9.17) is 0 Å². The predicted octanol–water partition coefficient (Wildman–Crippen LogP) is 2.97. The molecule has 1 aliphatic heterocycles. The lowest BCUT2D eigenvalue weighted by Crippen LogP contribution is -2.19. The summed E-state index contributed by atoms with van der Waals surface area (Å²) in [5.74, 6) is 0.418. The zero-order valence-corrected chi connectivity index (χ0v) is 12.4. The summed E-state index contributed by atoms with van der Waals surface area (Å²) >= 11 is 1.37. The number of nitrogens with zero attached hydrogens (tertiary/aromatic N) is 2. The molecule has 1 aromatic rings. The molecule has 4 nitrogen and oxygen atoms in total. The van der Waals surface area contributed by atoms with Crippen molar-refractivity contribution in [2.24, 2.45) is 10.2 Å². The summed E-state index contributed by atoms with van der Waals surface area (Å²) in [6.45, 7) is 2.21. The normalized spacial score (nSPS) is 17.1. The molecule has 20 heavy (non-hydrogen) atoms. The summed E-state index contributed by atoms with van der Waals surface area (Å²) in [4.78, 5) is 11.0. The highest BCUT2D eigenvalue weighted by molar-refractivity contribution is 8.15. The molecule has 0 spiro atoms. The lowest BCUT2D eigenvalue weighted by Gasteiger charge is -2.00. The van der Waals surface area contributed by atoms with Crippen molar-refractivity contribution in [3.8, 4) is 0 Å². The minimum Gasteiger partial charge on any atom is -0.303 e. The van der Waals surface area contributed by atoms with E-state index in [2.05, 4.69) is 34.6 Å². The minimum atomic E-state index is -0.0135. The van der Waals surface area contributed by atoms with Crippen molar-refractivity contribution >= 4 is 29.1 Å². The smallest absolute Gasteiger partial charge is 0.236 e. The third-order valence-corrected chi connectivity index (χ3v) is 3.85. The van der Waals surface area contributed by atoms with Crippen LogP contribution in [0.1, 0.15) is 37.3 Å². The van der Waals surface area contributed by atoms with E-state index >= 15 is 0 Å². The van der Waals surface area contributed by atoms with Crippen molar-refractivity contribution in [2.75, 3.05) is 5.75 Å². The lowest BCUT2D eigenvalue weighted by molar-refractivity contribution is -0.116. The molecule has 1 amide bonds. The molecular formula is C15H19N3OS. The van der Waals surface area contributed by atoms with Gasteiger partial charge in [0.05, 0.1) is 12.0 Å². The Morgan fingerprint density at radius 3 is 2.75 bits per heavy atom. The van der Waals surface area contributed by atoms with Gasteiger partial charge in [0.25, 0.3) is 0 Å². The Hall–Kier alpha value is -1.62. The maximum absolute atomic E-state index is 11.0. The molecule has 1 N–H and O–H groups in total. The van der Waals surface area contributed by atoms with Gasteiger partial charge in [-0.05, 0) is 24.0 Å². The largest absolute Gasteiger partial charge is 0.303 e. The van der Waals surface area contributed by atoms with Crippen LogP contribution in [0.5, 0.6) is 0 Å². The number of carbonyl (C=O) groups is 1. The monoisotopic (exact) mass is 289 g/mol. The number of rotatable bonds is 6. The summed E-state index contributed by atoms with van der Waals surface area (Å²) in [7, 11) is 0. The summed E-state index contributed by atoms with van der Waals surface area (Å²) in [5.41, 5.74) is 2.38. The average molecular weight is 289 g/mol. The molecule has 0 aliphatic carbocycles. The van der Waals surface area contributed by atoms with Gasteiger partial charge in [-0.2, -0.15) is 5.10 Å². The van der Waals surface area contributed by atoms with E-state index in [0.717, 1.165) is 12.0 Å². The Labute approximate surface area is 123 Å². The van der Waals surface area contributed by atoms with Gasteiger partial charge in [0.15, 0.2) is 5.17 Å². The van der Waals surface area contributed by atoms with Gasteiger partial charge >= 0.3 is 0 Å². The van der Waals surface area contributed by atoms with E-state index < -0.39 is 0 Å². The third-order valence-electron chi connectivity index (χ3n) is 2.99. The molecule has 1 heterocycles. The van der Waals surface area contributed by atoms with Gasteiger partial charge in [0.2, 0.25) is 5.91 Å². The molecule has 2 rings (SSSR count). The second-order valence-electron chi connectivity index (χ2n) is 4.69. The molecular weight excluding hydrogens is 270 g/mol. The summed E-state index contributed by atoms with van der Waals surface area (Å²) in [6, 6.07) is 8.36. The number of carbonyl (C=O) groups excluding carboxylic acids is 1. The SMILES string of the molecule is CCCCCc1ccc(C=NN=C2NC(=O)CS2)cc1. The van der Waals surface area contributed by atoms with E-state index in [0.29, 0.717) is 10.9 Å². The van der Waals surface area contributed by atoms with Crippen LogP contribution < -0.4 is 5.32 Å². The van der Waals surface area contributed by atoms with Crippen LogP contribution in [0.2, 0.25) is 0 Å². The van der Waals surface area contributed by atoms with Crippen molar-refractivity contribution in [3.05, 3.63) is 35.4 Å². The number of benzene rings is 1. The Balaban J connectivity index is 1.85. The van der Waals surface area contributed by atoms with Crippen LogP contribution in [0.3, 0.4) is 0 Å². The molecule has 1 aromatic carbocycles. The number of aryl methyl sites for hydroxylation is 1. The Morgan fingerprint density at radius 1 is 1.30 bits per heavy atom. The predicted molar refractivity (Wildman–Crippen MR) is 85.3 cm³/mol. The number of unbranched alkanes of at least 4 members (excludes halogenated alkanes) is 2. The first-order valence-electron chi connectivity index (χ1n) is 6.90. The van der Waals surface area contributed by atoms with Crippen LogP contribution in [-0.2, 0) is 11.2 Å². The number of amides is 1. The maximum Gasteiger partial charge on any atom is 0.236 e. The number of hydrogen-bond donors (Lipinski definition) is 1. The first-order chi connectivity index (χ1) is 9.78. The molecule has 0 aromatic heterocycles. The molecule has 1 fully saturated rings. The van der Waals surface area contributed by atoms with E-state index in [1.807, 2.05) is 12.1 Å². The number of thioether (sulfide) groups is 1. The molecule has 0 atom stereocenters. The van der Waals surface area contributed by atoms with Crippen molar-refractivity contribution < 1.29 is 4.79 Å². The van der Waals surface area contributed by atoms with Gasteiger partial charge in [-0.3, -0.25) is 4.79 Å². The van der Waals surface area contributed by atoms with Crippen LogP contribution in [0.15, 0.2) is 34.5 Å². The first-order valence-corrected chi connectivity index (χ1v) is 7.89. The van der Waals surface area contributed by atoms with Gasteiger partial charge < -0.3 is 5.32 Å². The highest BCUT2D eigenvalue weighted by Crippen LogP contribution is 2.10. The Bertz CT molecular complexity index is 508. The molecule has 0 saturated carbocycles. The second kappa shape index (κ2) is 7.85. The van der Waals surface area contributed by atoms with Crippen LogP contribution in [-0.4, -0.2) is 23.0 Å². The zero-order valence-electron chi connectivity index (χ0n) is 11.6. The zero-order chi connectivity index (χ0) is 14.2. The molecule has 1 aliphatic rings. The Morgan fingerprint density at radius 2 is 2.10 bits per heavy atom. The number of hydrogen-bond acceptors (Lipinski definition) is 4. The fraction of sp³-hybridized carbons (Fsp3) is 0.400. The topological polar surface area (TPSA) is 53.8 Å². The van der Waals surface area contributed by atoms with Gasteiger partial charge in [-0.15, -0.1) is 5.10 Å². The third kappa shape index (κ3) is 4.81. The van der Waals surface area contributed by atoms with Gasteiger partial charge in [-0.25, -0.2) is 0 Å². The molecule has 1 saturated heterocycles. The maximum atomic E-state index is 11.0. The molecule has 106 valence electrons. The van der Waals surface area contributed by atoms with Crippen LogP contribution in [0.4, 0.5) is 0 Å². The van der Waals surface area contributed by atoms with Gasteiger partial charge in [0.1, 0.15) is 0 Å². The van der Waals surface area contributed by atoms with E-state index in [1.165, 1.54) is 36.6 Å². The van der Waals surface area contributed by atoms with Crippen molar-refractivity contribution in [1.29, 1.82) is 0 Å². The van der Waals surface area contributed by atoms with Crippen molar-refractivity contribution in [3.63, 3.8) is 0 Å². The molecule has 0 radical (unpaired) electrons. The lowest BCUT2D eigenvalue weighted by atomic mass is 10.1. The van der Waals surface area contributed by atoms with Crippen molar-refractivity contribution in [2.45, 2.75) is 32.6 Å². The van der Waals surface area contributed by atoms with Gasteiger partial charge in [-0.1, -0.05) is 55.8 Å². The molecule has 0 unspecified atom stereocenters. The quantitative estimate of drug-likeness (QED) is 0.497. The summed E-state index contributed by atoms with van der Waals surface area (Å²) < 4.78 is 0. The first kappa shape index (κ1) is 14.8. The number of amidine groups is 1. The average Bonchev–Trinajstić information content (AvgIpc) is 2.87. The highest BCUT2D eigenvalue weighted by Gasteiger charge is 2.15. The highest BCUT2D eigenvalue weighted by atomic mass is 32.2. The molecule has 5 heteroatoms. The van der Waals surface area contributed by atoms with Crippen LogP contribution in [0.25, 0.3) is 0 Å².